The van der Waals surface area contributed by atoms with Crippen LogP contribution in [0.2, 0.25) is 0 Å². The van der Waals surface area contributed by atoms with Crippen LogP contribution in [0, 0.1) is 17.8 Å². The Morgan fingerprint density at radius 3 is 2.53 bits per heavy atom. The lowest BCUT2D eigenvalue weighted by molar-refractivity contribution is -0.126. The Morgan fingerprint density at radius 2 is 1.87 bits per heavy atom. The van der Waals surface area contributed by atoms with Crippen LogP contribution in [0.15, 0.2) is 0 Å². The van der Waals surface area contributed by atoms with E-state index in [1.807, 2.05) is 6.92 Å². The molecule has 0 radical (unpaired) electrons. The molecular formula is C13H23NO. The molecule has 2 nitrogen and oxygen atoms in total. The van der Waals surface area contributed by atoms with Crippen molar-refractivity contribution in [2.75, 3.05) is 6.54 Å². The normalized spacial score (nSPS) is 32.1. The fourth-order valence-electron chi connectivity index (χ4n) is 3.57. The number of nitrogens with one attached hydrogen (secondary N) is 1. The first-order chi connectivity index (χ1) is 7.33. The van der Waals surface area contributed by atoms with Crippen LogP contribution in [0.5, 0.6) is 0 Å². The lowest BCUT2D eigenvalue weighted by Gasteiger charge is -2.24. The highest BCUT2D eigenvalue weighted by Gasteiger charge is 2.38. The highest BCUT2D eigenvalue weighted by molar-refractivity contribution is 5.79. The molecular weight excluding hydrogens is 186 g/mol. The predicted molar refractivity (Wildman–Crippen MR) is 61.5 cm³/mol. The molecule has 0 aliphatic heterocycles. The molecule has 2 heteroatoms. The molecule has 2 fully saturated rings. The Labute approximate surface area is 92.8 Å². The summed E-state index contributed by atoms with van der Waals surface area (Å²) in [6.07, 6.45) is 9.23. The molecule has 0 bridgehead atoms. The summed E-state index contributed by atoms with van der Waals surface area (Å²) in [4.78, 5) is 11.9. The SMILES string of the molecule is CCNC(=O)[C@H]1CCCC1C1CCCC1. The van der Waals surface area contributed by atoms with Crippen LogP contribution in [0.1, 0.15) is 51.9 Å². The second-order valence-electron chi connectivity index (χ2n) is 5.14. The molecule has 0 aromatic carbocycles. The van der Waals surface area contributed by atoms with Gasteiger partial charge in [0.05, 0.1) is 0 Å². The monoisotopic (exact) mass is 209 g/mol. The van der Waals surface area contributed by atoms with Gasteiger partial charge in [-0.05, 0) is 31.6 Å². The molecule has 2 atom stereocenters. The van der Waals surface area contributed by atoms with Gasteiger partial charge in [0.15, 0.2) is 0 Å². The van der Waals surface area contributed by atoms with Crippen LogP contribution in [0.3, 0.4) is 0 Å². The average molecular weight is 209 g/mol. The van der Waals surface area contributed by atoms with Gasteiger partial charge in [0.2, 0.25) is 5.91 Å². The molecule has 1 amide bonds. The van der Waals surface area contributed by atoms with Crippen molar-refractivity contribution in [3.63, 3.8) is 0 Å². The Balaban J connectivity index is 1.94. The molecule has 2 aliphatic rings. The van der Waals surface area contributed by atoms with Gasteiger partial charge in [0.1, 0.15) is 0 Å². The topological polar surface area (TPSA) is 29.1 Å². The van der Waals surface area contributed by atoms with Crippen molar-refractivity contribution in [3.05, 3.63) is 0 Å². The van der Waals surface area contributed by atoms with Crippen molar-refractivity contribution in [3.8, 4) is 0 Å². The molecule has 0 spiro atoms. The molecule has 86 valence electrons. The third-order valence-corrected chi connectivity index (χ3v) is 4.26. The van der Waals surface area contributed by atoms with Crippen LogP contribution in [-0.2, 0) is 4.79 Å². The zero-order valence-electron chi connectivity index (χ0n) is 9.80. The maximum absolute atomic E-state index is 11.9. The minimum absolute atomic E-state index is 0.326. The van der Waals surface area contributed by atoms with E-state index in [2.05, 4.69) is 5.32 Å². The van der Waals surface area contributed by atoms with Crippen molar-refractivity contribution in [1.29, 1.82) is 0 Å². The molecule has 0 aromatic heterocycles. The zero-order valence-corrected chi connectivity index (χ0v) is 9.80. The number of amides is 1. The first-order valence-corrected chi connectivity index (χ1v) is 6.60. The van der Waals surface area contributed by atoms with Crippen molar-refractivity contribution >= 4 is 5.91 Å². The second-order valence-corrected chi connectivity index (χ2v) is 5.14. The average Bonchev–Trinajstić information content (AvgIpc) is 2.88. The first kappa shape index (κ1) is 11.0. The molecule has 0 saturated heterocycles. The van der Waals surface area contributed by atoms with E-state index in [0.717, 1.165) is 18.9 Å². The van der Waals surface area contributed by atoms with Crippen molar-refractivity contribution < 1.29 is 4.79 Å². The second kappa shape index (κ2) is 5.00. The maximum Gasteiger partial charge on any atom is 0.223 e. The Morgan fingerprint density at radius 1 is 1.13 bits per heavy atom. The van der Waals surface area contributed by atoms with Crippen LogP contribution < -0.4 is 5.32 Å². The van der Waals surface area contributed by atoms with Gasteiger partial charge in [-0.2, -0.15) is 0 Å². The van der Waals surface area contributed by atoms with Gasteiger partial charge in [-0.15, -0.1) is 0 Å². The standard InChI is InChI=1S/C13H23NO/c1-2-14-13(15)12-9-5-8-11(12)10-6-3-4-7-10/h10-12H,2-9H2,1H3,(H,14,15)/t11?,12-/m0/s1. The largest absolute Gasteiger partial charge is 0.356 e. The van der Waals surface area contributed by atoms with Gasteiger partial charge in [-0.3, -0.25) is 4.79 Å². The summed E-state index contributed by atoms with van der Waals surface area (Å²) >= 11 is 0. The van der Waals surface area contributed by atoms with E-state index >= 15 is 0 Å². The highest BCUT2D eigenvalue weighted by atomic mass is 16.1. The molecule has 2 aliphatic carbocycles. The summed E-state index contributed by atoms with van der Waals surface area (Å²) in [5.41, 5.74) is 0. The number of carbonyl (C=O) groups is 1. The lowest BCUT2D eigenvalue weighted by atomic mass is 9.82. The van der Waals surface area contributed by atoms with Gasteiger partial charge in [-0.1, -0.05) is 32.1 Å². The van der Waals surface area contributed by atoms with Gasteiger partial charge >= 0.3 is 0 Å². The third-order valence-electron chi connectivity index (χ3n) is 4.26. The molecule has 0 heterocycles. The van der Waals surface area contributed by atoms with E-state index in [4.69, 9.17) is 0 Å². The Hall–Kier alpha value is -0.530. The van der Waals surface area contributed by atoms with Crippen LogP contribution >= 0.6 is 0 Å². The molecule has 1 unspecified atom stereocenters. The first-order valence-electron chi connectivity index (χ1n) is 6.60. The van der Waals surface area contributed by atoms with E-state index in [1.165, 1.54) is 38.5 Å². The predicted octanol–water partition coefficient (Wildman–Crippen LogP) is 2.73. The minimum atomic E-state index is 0.326. The van der Waals surface area contributed by atoms with E-state index in [1.54, 1.807) is 0 Å². The Kier molecular flexibility index (Phi) is 3.66. The smallest absolute Gasteiger partial charge is 0.223 e. The minimum Gasteiger partial charge on any atom is -0.356 e. The van der Waals surface area contributed by atoms with Crippen molar-refractivity contribution in [2.45, 2.75) is 51.9 Å². The Bertz CT molecular complexity index is 221. The van der Waals surface area contributed by atoms with Crippen LogP contribution in [-0.4, -0.2) is 12.5 Å². The van der Waals surface area contributed by atoms with Crippen LogP contribution in [0.4, 0.5) is 0 Å². The van der Waals surface area contributed by atoms with Gasteiger partial charge in [0, 0.05) is 12.5 Å². The van der Waals surface area contributed by atoms with Crippen molar-refractivity contribution in [2.24, 2.45) is 17.8 Å². The molecule has 1 N–H and O–H groups in total. The zero-order chi connectivity index (χ0) is 10.7. The molecule has 2 rings (SSSR count). The highest BCUT2D eigenvalue weighted by Crippen LogP contribution is 2.43. The van der Waals surface area contributed by atoms with Crippen molar-refractivity contribution in [1.82, 2.24) is 5.32 Å². The fourth-order valence-corrected chi connectivity index (χ4v) is 3.57. The number of hydrogen-bond donors (Lipinski definition) is 1. The van der Waals surface area contributed by atoms with E-state index < -0.39 is 0 Å². The summed E-state index contributed by atoms with van der Waals surface area (Å²) in [6, 6.07) is 0. The van der Waals surface area contributed by atoms with E-state index in [-0.39, 0.29) is 0 Å². The van der Waals surface area contributed by atoms with Gasteiger partial charge in [0.25, 0.3) is 0 Å². The molecule has 15 heavy (non-hydrogen) atoms. The summed E-state index contributed by atoms with van der Waals surface area (Å²) < 4.78 is 0. The molecule has 0 aromatic rings. The molecule has 2 saturated carbocycles. The number of rotatable bonds is 3. The lowest BCUT2D eigenvalue weighted by Crippen LogP contribution is -2.34. The quantitative estimate of drug-likeness (QED) is 0.761. The van der Waals surface area contributed by atoms with E-state index in [9.17, 15) is 4.79 Å². The van der Waals surface area contributed by atoms with Crippen LogP contribution in [0.25, 0.3) is 0 Å². The fraction of sp³-hybridized carbons (Fsp3) is 0.923. The number of carbonyl (C=O) groups excluding carboxylic acids is 1. The van der Waals surface area contributed by atoms with E-state index in [0.29, 0.717) is 17.7 Å². The third kappa shape index (κ3) is 2.35. The number of hydrogen-bond acceptors (Lipinski definition) is 1. The van der Waals surface area contributed by atoms with Gasteiger partial charge in [-0.25, -0.2) is 0 Å². The summed E-state index contributed by atoms with van der Waals surface area (Å²) in [5, 5.41) is 3.00. The summed E-state index contributed by atoms with van der Waals surface area (Å²) in [7, 11) is 0. The summed E-state index contributed by atoms with van der Waals surface area (Å²) in [5.74, 6) is 2.24. The maximum atomic E-state index is 11.9. The van der Waals surface area contributed by atoms with Gasteiger partial charge < -0.3 is 5.32 Å². The summed E-state index contributed by atoms with van der Waals surface area (Å²) in [6.45, 7) is 2.80.